The molecule has 8 heteroatoms. The van der Waals surface area contributed by atoms with Crippen molar-refractivity contribution < 1.29 is 17.9 Å². The van der Waals surface area contributed by atoms with Crippen LogP contribution in [0.5, 0.6) is 5.75 Å². The molecule has 0 unspecified atom stereocenters. The Bertz CT molecular complexity index is 720. The van der Waals surface area contributed by atoms with E-state index in [1.165, 1.54) is 29.6 Å². The molecule has 2 aliphatic heterocycles. The first-order valence-corrected chi connectivity index (χ1v) is 8.93. The molecular formula is C15H21N3O4S. The van der Waals surface area contributed by atoms with Crippen molar-refractivity contribution in [2.75, 3.05) is 40.3 Å². The van der Waals surface area contributed by atoms with Gasteiger partial charge in [0.05, 0.1) is 17.6 Å². The second kappa shape index (κ2) is 5.77. The second-order valence-electron chi connectivity index (χ2n) is 6.29. The number of primary amides is 1. The minimum absolute atomic E-state index is 0.0766. The average Bonchev–Trinajstić information content (AvgIpc) is 3.04. The van der Waals surface area contributed by atoms with Crippen LogP contribution in [0.3, 0.4) is 0 Å². The van der Waals surface area contributed by atoms with Crippen LogP contribution in [0.4, 0.5) is 0 Å². The molecule has 2 heterocycles. The zero-order chi connectivity index (χ0) is 16.8. The number of benzene rings is 1. The lowest BCUT2D eigenvalue weighted by Crippen LogP contribution is -2.32. The normalized spacial score (nSPS) is 25.5. The minimum Gasteiger partial charge on any atom is -0.496 e. The van der Waals surface area contributed by atoms with Crippen LogP contribution in [0.25, 0.3) is 0 Å². The van der Waals surface area contributed by atoms with E-state index in [0.29, 0.717) is 24.9 Å². The number of ether oxygens (including phenoxy) is 1. The number of carbonyl (C=O) groups is 1. The molecule has 0 aromatic heterocycles. The molecule has 1 amide bonds. The van der Waals surface area contributed by atoms with Gasteiger partial charge in [0.2, 0.25) is 10.0 Å². The van der Waals surface area contributed by atoms with E-state index in [1.54, 1.807) is 0 Å². The predicted molar refractivity (Wildman–Crippen MR) is 84.7 cm³/mol. The topological polar surface area (TPSA) is 92.9 Å². The summed E-state index contributed by atoms with van der Waals surface area (Å²) in [6.45, 7) is 2.89. The molecule has 2 fully saturated rings. The molecule has 0 aliphatic carbocycles. The van der Waals surface area contributed by atoms with E-state index in [-0.39, 0.29) is 16.2 Å². The van der Waals surface area contributed by atoms with Crippen LogP contribution < -0.4 is 10.5 Å². The number of rotatable bonds is 4. The van der Waals surface area contributed by atoms with Crippen LogP contribution >= 0.6 is 0 Å². The largest absolute Gasteiger partial charge is 0.496 e. The molecule has 1 aromatic rings. The van der Waals surface area contributed by atoms with Gasteiger partial charge in [0.25, 0.3) is 5.91 Å². The van der Waals surface area contributed by atoms with Gasteiger partial charge in [-0.3, -0.25) is 4.79 Å². The van der Waals surface area contributed by atoms with Gasteiger partial charge in [-0.2, -0.15) is 4.31 Å². The van der Waals surface area contributed by atoms with Gasteiger partial charge in [0.15, 0.2) is 0 Å². The molecule has 126 valence electrons. The highest BCUT2D eigenvalue weighted by atomic mass is 32.2. The summed E-state index contributed by atoms with van der Waals surface area (Å²) in [5.74, 6) is 0.322. The third kappa shape index (κ3) is 2.82. The van der Waals surface area contributed by atoms with Crippen LogP contribution in [0, 0.1) is 11.8 Å². The fraction of sp³-hybridized carbons (Fsp3) is 0.533. The molecule has 2 N–H and O–H groups in total. The van der Waals surface area contributed by atoms with Gasteiger partial charge in [-0.05, 0) is 37.1 Å². The lowest BCUT2D eigenvalue weighted by molar-refractivity contribution is 0.0997. The summed E-state index contributed by atoms with van der Waals surface area (Å²) >= 11 is 0. The van der Waals surface area contributed by atoms with Crippen molar-refractivity contribution in [2.45, 2.75) is 4.90 Å². The van der Waals surface area contributed by atoms with Crippen molar-refractivity contribution in [1.82, 2.24) is 9.21 Å². The Balaban J connectivity index is 1.89. The monoisotopic (exact) mass is 339 g/mol. The minimum atomic E-state index is -3.63. The summed E-state index contributed by atoms with van der Waals surface area (Å²) < 4.78 is 32.3. The maximum atomic E-state index is 12.8. The van der Waals surface area contributed by atoms with Crippen LogP contribution in [0.15, 0.2) is 23.1 Å². The molecule has 2 atom stereocenters. The van der Waals surface area contributed by atoms with Crippen molar-refractivity contribution in [2.24, 2.45) is 17.6 Å². The smallest absolute Gasteiger partial charge is 0.252 e. The number of methoxy groups -OCH3 is 1. The number of amides is 1. The van der Waals surface area contributed by atoms with Gasteiger partial charge >= 0.3 is 0 Å². The molecule has 2 saturated heterocycles. The molecule has 1 aromatic carbocycles. The van der Waals surface area contributed by atoms with Gasteiger partial charge in [0.1, 0.15) is 5.75 Å². The number of nitrogens with zero attached hydrogens (tertiary/aromatic N) is 2. The zero-order valence-electron chi connectivity index (χ0n) is 13.2. The molecule has 0 spiro atoms. The summed E-state index contributed by atoms with van der Waals surface area (Å²) in [6.07, 6.45) is 0. The highest BCUT2D eigenvalue weighted by Gasteiger charge is 2.43. The van der Waals surface area contributed by atoms with E-state index < -0.39 is 15.9 Å². The van der Waals surface area contributed by atoms with Crippen LogP contribution in [0.2, 0.25) is 0 Å². The zero-order valence-corrected chi connectivity index (χ0v) is 14.0. The lowest BCUT2D eigenvalue weighted by Gasteiger charge is -2.19. The van der Waals surface area contributed by atoms with E-state index in [4.69, 9.17) is 10.5 Å². The first-order chi connectivity index (χ1) is 10.8. The fourth-order valence-electron chi connectivity index (χ4n) is 3.57. The molecule has 0 saturated carbocycles. The van der Waals surface area contributed by atoms with Crippen LogP contribution in [-0.4, -0.2) is 63.9 Å². The maximum absolute atomic E-state index is 12.8. The molecule has 2 aliphatic rings. The summed E-state index contributed by atoms with van der Waals surface area (Å²) in [5, 5.41) is 0. The summed E-state index contributed by atoms with van der Waals surface area (Å²) in [5.41, 5.74) is 5.39. The molecule has 0 bridgehead atoms. The third-order valence-electron chi connectivity index (χ3n) is 4.71. The number of sulfonamides is 1. The van der Waals surface area contributed by atoms with Gasteiger partial charge in [-0.1, -0.05) is 0 Å². The molecule has 23 heavy (non-hydrogen) atoms. The SMILES string of the molecule is COc1ccc(S(=O)(=O)N2C[C@H]3CN(C)C[C@H]3C2)cc1C(N)=O. The van der Waals surface area contributed by atoms with Crippen molar-refractivity contribution in [1.29, 1.82) is 0 Å². The highest BCUT2D eigenvalue weighted by molar-refractivity contribution is 7.89. The number of hydrogen-bond donors (Lipinski definition) is 1. The van der Waals surface area contributed by atoms with Crippen molar-refractivity contribution in [3.8, 4) is 5.75 Å². The lowest BCUT2D eigenvalue weighted by atomic mass is 10.0. The molecular weight excluding hydrogens is 318 g/mol. The Morgan fingerprint density at radius 2 is 1.83 bits per heavy atom. The summed E-state index contributed by atoms with van der Waals surface area (Å²) in [7, 11) is -0.162. The predicted octanol–water partition coefficient (Wildman–Crippen LogP) is -0.0238. The van der Waals surface area contributed by atoms with Crippen molar-refractivity contribution >= 4 is 15.9 Å². The molecule has 0 radical (unpaired) electrons. The first kappa shape index (κ1) is 16.2. The molecule has 7 nitrogen and oxygen atoms in total. The number of nitrogens with two attached hydrogens (primary N) is 1. The number of carbonyl (C=O) groups excluding carboxylic acids is 1. The van der Waals surface area contributed by atoms with E-state index in [9.17, 15) is 13.2 Å². The number of hydrogen-bond acceptors (Lipinski definition) is 5. The standard InChI is InChI=1S/C15H21N3O4S/c1-17-6-10-8-18(9-11(10)7-17)23(20,21)12-3-4-14(22-2)13(5-12)15(16)19/h3-5,10-11H,6-9H2,1-2H3,(H2,16,19)/t10-,11+. The fourth-order valence-corrected chi connectivity index (χ4v) is 5.15. The van der Waals surface area contributed by atoms with E-state index in [0.717, 1.165) is 13.1 Å². The number of fused-ring (bicyclic) bond motifs is 1. The molecule has 3 rings (SSSR count). The Labute approximate surface area is 136 Å². The Morgan fingerprint density at radius 1 is 1.22 bits per heavy atom. The highest BCUT2D eigenvalue weighted by Crippen LogP contribution is 2.34. The van der Waals surface area contributed by atoms with Gasteiger partial charge < -0.3 is 15.4 Å². The van der Waals surface area contributed by atoms with Crippen LogP contribution in [0.1, 0.15) is 10.4 Å². The first-order valence-electron chi connectivity index (χ1n) is 7.49. The maximum Gasteiger partial charge on any atom is 0.252 e. The summed E-state index contributed by atoms with van der Waals surface area (Å²) in [6, 6.07) is 4.23. The Morgan fingerprint density at radius 3 is 2.35 bits per heavy atom. The third-order valence-corrected chi connectivity index (χ3v) is 6.54. The van der Waals surface area contributed by atoms with Gasteiger partial charge in [-0.15, -0.1) is 0 Å². The van der Waals surface area contributed by atoms with Gasteiger partial charge in [0, 0.05) is 26.2 Å². The van der Waals surface area contributed by atoms with E-state index >= 15 is 0 Å². The van der Waals surface area contributed by atoms with Gasteiger partial charge in [-0.25, -0.2) is 8.42 Å². The number of likely N-dealkylation sites (tertiary alicyclic amines) is 1. The average molecular weight is 339 g/mol. The van der Waals surface area contributed by atoms with Crippen molar-refractivity contribution in [3.05, 3.63) is 23.8 Å². The summed E-state index contributed by atoms with van der Waals surface area (Å²) in [4.78, 5) is 13.8. The van der Waals surface area contributed by atoms with E-state index in [2.05, 4.69) is 11.9 Å². The Hall–Kier alpha value is -1.64. The van der Waals surface area contributed by atoms with Crippen LogP contribution in [-0.2, 0) is 10.0 Å². The Kier molecular flexibility index (Phi) is 4.07. The van der Waals surface area contributed by atoms with Crippen molar-refractivity contribution in [3.63, 3.8) is 0 Å². The quantitative estimate of drug-likeness (QED) is 0.832. The second-order valence-corrected chi connectivity index (χ2v) is 8.23. The van der Waals surface area contributed by atoms with E-state index in [1.807, 2.05) is 0 Å².